The van der Waals surface area contributed by atoms with Crippen molar-refractivity contribution in [2.45, 2.75) is 26.7 Å². The van der Waals surface area contributed by atoms with Crippen molar-refractivity contribution in [3.05, 3.63) is 90.0 Å². The highest BCUT2D eigenvalue weighted by Crippen LogP contribution is 2.48. The van der Waals surface area contributed by atoms with Crippen LogP contribution in [0.5, 0.6) is 11.5 Å². The average Bonchev–Trinajstić information content (AvgIpc) is 2.68. The average molecular weight is 366 g/mol. The topological polar surface area (TPSA) is 35.5 Å². The Morgan fingerprint density at radius 2 is 1.23 bits per heavy atom. The van der Waals surface area contributed by atoms with Crippen molar-refractivity contribution >= 4 is 12.9 Å². The van der Waals surface area contributed by atoms with Crippen molar-refractivity contribution in [1.29, 1.82) is 0 Å². The quantitative estimate of drug-likeness (QED) is 0.497. The third kappa shape index (κ3) is 4.00. The molecule has 3 rings (SSSR count). The molecule has 0 amide bonds. The molecule has 3 aromatic carbocycles. The molecule has 0 aliphatic rings. The minimum absolute atomic E-state index is 0.524. The first-order valence-electron chi connectivity index (χ1n) is 8.87. The monoisotopic (exact) mass is 366 g/mol. The predicted molar refractivity (Wildman–Crippen MR) is 107 cm³/mol. The zero-order chi connectivity index (χ0) is 18.4. The van der Waals surface area contributed by atoms with Gasteiger partial charge in [-0.3, -0.25) is 0 Å². The van der Waals surface area contributed by atoms with Gasteiger partial charge in [-0.1, -0.05) is 62.4 Å². The molecule has 0 aliphatic carbocycles. The number of aryl methyl sites for hydroxylation is 1. The van der Waals surface area contributed by atoms with E-state index >= 15 is 0 Å². The van der Waals surface area contributed by atoms with Crippen LogP contribution in [0.2, 0.25) is 0 Å². The van der Waals surface area contributed by atoms with Crippen molar-refractivity contribution in [3.63, 3.8) is 0 Å². The van der Waals surface area contributed by atoms with E-state index in [1.54, 1.807) is 24.3 Å². The van der Waals surface area contributed by atoms with Gasteiger partial charge in [-0.05, 0) is 54.3 Å². The second-order valence-electron chi connectivity index (χ2n) is 5.93. The summed E-state index contributed by atoms with van der Waals surface area (Å²) in [5.41, 5.74) is 2.20. The SMILES string of the molecule is CCc1cccc(P(=O)(Oc2ccccc2)Oc2ccccc2)c1CC. The van der Waals surface area contributed by atoms with Crippen LogP contribution >= 0.6 is 7.60 Å². The van der Waals surface area contributed by atoms with Gasteiger partial charge in [0.1, 0.15) is 11.5 Å². The van der Waals surface area contributed by atoms with Crippen LogP contribution in [-0.4, -0.2) is 0 Å². The minimum atomic E-state index is -3.61. The highest BCUT2D eigenvalue weighted by Gasteiger charge is 2.34. The van der Waals surface area contributed by atoms with Crippen LogP contribution in [0.25, 0.3) is 0 Å². The summed E-state index contributed by atoms with van der Waals surface area (Å²) in [5.74, 6) is 1.05. The number of para-hydroxylation sites is 2. The molecule has 3 aromatic rings. The first-order valence-corrected chi connectivity index (χ1v) is 10.4. The lowest BCUT2D eigenvalue weighted by Gasteiger charge is -2.23. The molecule has 0 bridgehead atoms. The van der Waals surface area contributed by atoms with Gasteiger partial charge in [0.2, 0.25) is 0 Å². The Kier molecular flexibility index (Phi) is 5.80. The summed E-state index contributed by atoms with van der Waals surface area (Å²) in [4.78, 5) is 0. The van der Waals surface area contributed by atoms with Gasteiger partial charge < -0.3 is 9.05 Å². The highest BCUT2D eigenvalue weighted by atomic mass is 31.2. The molecule has 0 saturated heterocycles. The van der Waals surface area contributed by atoms with E-state index in [0.29, 0.717) is 16.8 Å². The van der Waals surface area contributed by atoms with Gasteiger partial charge in [-0.25, -0.2) is 4.57 Å². The Balaban J connectivity index is 2.10. The number of benzene rings is 3. The third-order valence-corrected chi connectivity index (χ3v) is 6.13. The van der Waals surface area contributed by atoms with E-state index in [9.17, 15) is 4.57 Å². The van der Waals surface area contributed by atoms with Crippen molar-refractivity contribution in [1.82, 2.24) is 0 Å². The molecule has 0 fully saturated rings. The molecule has 0 radical (unpaired) electrons. The van der Waals surface area contributed by atoms with E-state index in [0.717, 1.165) is 18.4 Å². The van der Waals surface area contributed by atoms with Gasteiger partial charge in [0.05, 0.1) is 5.30 Å². The molecular weight excluding hydrogens is 343 g/mol. The maximum atomic E-state index is 14.0. The summed E-state index contributed by atoms with van der Waals surface area (Å²) in [6.45, 7) is 4.16. The number of hydrogen-bond donors (Lipinski definition) is 0. The Morgan fingerprint density at radius 3 is 1.69 bits per heavy atom. The van der Waals surface area contributed by atoms with Crippen molar-refractivity contribution in [3.8, 4) is 11.5 Å². The van der Waals surface area contributed by atoms with Gasteiger partial charge >= 0.3 is 7.60 Å². The van der Waals surface area contributed by atoms with E-state index in [1.165, 1.54) is 5.56 Å². The highest BCUT2D eigenvalue weighted by molar-refractivity contribution is 7.63. The molecule has 0 aromatic heterocycles. The van der Waals surface area contributed by atoms with Gasteiger partial charge in [0.15, 0.2) is 0 Å². The van der Waals surface area contributed by atoms with Crippen molar-refractivity contribution in [2.75, 3.05) is 0 Å². The number of rotatable bonds is 7. The molecule has 0 atom stereocenters. The maximum absolute atomic E-state index is 14.0. The molecule has 26 heavy (non-hydrogen) atoms. The fraction of sp³-hybridized carbons (Fsp3) is 0.182. The first-order chi connectivity index (χ1) is 12.7. The van der Waals surface area contributed by atoms with Crippen molar-refractivity contribution < 1.29 is 13.6 Å². The second kappa shape index (κ2) is 8.25. The summed E-state index contributed by atoms with van der Waals surface area (Å²) in [6, 6.07) is 24.2. The predicted octanol–water partition coefficient (Wildman–Crippen LogP) is 5.79. The molecule has 4 heteroatoms. The molecule has 0 unspecified atom stereocenters. The Morgan fingerprint density at radius 1 is 0.692 bits per heavy atom. The maximum Gasteiger partial charge on any atom is 0.463 e. The first kappa shape index (κ1) is 18.3. The third-order valence-electron chi connectivity index (χ3n) is 4.22. The molecule has 0 aliphatic heterocycles. The normalized spacial score (nSPS) is 11.2. The summed E-state index contributed by atoms with van der Waals surface area (Å²) >= 11 is 0. The van der Waals surface area contributed by atoms with Gasteiger partial charge in [-0.2, -0.15) is 0 Å². The van der Waals surface area contributed by atoms with Crippen LogP contribution in [-0.2, 0) is 17.4 Å². The summed E-state index contributed by atoms with van der Waals surface area (Å²) in [7, 11) is -3.61. The Bertz CT molecular complexity index is 846. The van der Waals surface area contributed by atoms with Crippen molar-refractivity contribution in [2.24, 2.45) is 0 Å². The molecular formula is C22H23O3P. The van der Waals surface area contributed by atoms with E-state index in [4.69, 9.17) is 9.05 Å². The minimum Gasteiger partial charge on any atom is -0.413 e. The standard InChI is InChI=1S/C22H23O3P/c1-3-18-12-11-17-22(21(18)4-2)26(23,24-19-13-7-5-8-14-19)25-20-15-9-6-10-16-20/h5-17H,3-4H2,1-2H3. The van der Waals surface area contributed by atoms with E-state index in [-0.39, 0.29) is 0 Å². The summed E-state index contributed by atoms with van der Waals surface area (Å²) in [6.07, 6.45) is 1.63. The Hall–Kier alpha value is -2.51. The van der Waals surface area contributed by atoms with Gasteiger partial charge in [0.25, 0.3) is 0 Å². The second-order valence-corrected chi connectivity index (χ2v) is 7.77. The molecule has 0 spiro atoms. The van der Waals surface area contributed by atoms with Crippen LogP contribution < -0.4 is 14.4 Å². The molecule has 3 nitrogen and oxygen atoms in total. The van der Waals surface area contributed by atoms with E-state index in [2.05, 4.69) is 19.9 Å². The molecule has 134 valence electrons. The number of hydrogen-bond acceptors (Lipinski definition) is 3. The Labute approximate surface area is 155 Å². The van der Waals surface area contributed by atoms with Crippen LogP contribution in [0, 0.1) is 0 Å². The lowest BCUT2D eigenvalue weighted by atomic mass is 10.0. The summed E-state index contributed by atoms with van der Waals surface area (Å²) in [5, 5.41) is 0.632. The van der Waals surface area contributed by atoms with Crippen LogP contribution in [0.4, 0.5) is 0 Å². The van der Waals surface area contributed by atoms with E-state index < -0.39 is 7.60 Å². The van der Waals surface area contributed by atoms with Gasteiger partial charge in [-0.15, -0.1) is 0 Å². The van der Waals surface area contributed by atoms with Crippen LogP contribution in [0.15, 0.2) is 78.9 Å². The lowest BCUT2D eigenvalue weighted by molar-refractivity contribution is 0.399. The summed E-state index contributed by atoms with van der Waals surface area (Å²) < 4.78 is 25.9. The fourth-order valence-corrected chi connectivity index (χ4v) is 4.91. The van der Waals surface area contributed by atoms with Crippen LogP contribution in [0.3, 0.4) is 0 Å². The smallest absolute Gasteiger partial charge is 0.413 e. The molecule has 0 N–H and O–H groups in total. The largest absolute Gasteiger partial charge is 0.463 e. The van der Waals surface area contributed by atoms with Gasteiger partial charge in [0, 0.05) is 0 Å². The van der Waals surface area contributed by atoms with E-state index in [1.807, 2.05) is 48.5 Å². The zero-order valence-corrected chi connectivity index (χ0v) is 16.0. The fourth-order valence-electron chi connectivity index (χ4n) is 2.97. The van der Waals surface area contributed by atoms with Crippen LogP contribution in [0.1, 0.15) is 25.0 Å². The molecule has 0 saturated carbocycles. The zero-order valence-electron chi connectivity index (χ0n) is 15.1. The molecule has 0 heterocycles. The lowest BCUT2D eigenvalue weighted by Crippen LogP contribution is -2.20.